The predicted molar refractivity (Wildman–Crippen MR) is 144 cm³/mol. The maximum Gasteiger partial charge on any atom is 0.133 e. The number of hydrogen-bond donors (Lipinski definition) is 1. The van der Waals surface area contributed by atoms with E-state index in [1.807, 2.05) is 0 Å². The first-order valence-electron chi connectivity index (χ1n) is 15.7. The van der Waals surface area contributed by atoms with E-state index in [1.54, 1.807) is 0 Å². The molecule has 0 aromatic rings. The van der Waals surface area contributed by atoms with Gasteiger partial charge in [0, 0.05) is 19.4 Å². The van der Waals surface area contributed by atoms with E-state index < -0.39 is 0 Å². The van der Waals surface area contributed by atoms with Crippen LogP contribution in [0, 0.1) is 34.5 Å². The lowest BCUT2D eigenvalue weighted by atomic mass is 9.44. The minimum absolute atomic E-state index is 0.0244. The molecule has 0 aliphatic heterocycles. The molecule has 0 heterocycles. The summed E-state index contributed by atoms with van der Waals surface area (Å²) in [6.45, 7) is 8.04. The van der Waals surface area contributed by atoms with Crippen molar-refractivity contribution < 1.29 is 14.6 Å². The summed E-state index contributed by atoms with van der Waals surface area (Å²) >= 11 is 0. The fourth-order valence-corrected chi connectivity index (χ4v) is 9.27. The number of unbranched alkanes of at least 4 members (excludes halogenated alkanes) is 10. The Morgan fingerprint density at radius 3 is 2.20 bits per heavy atom. The van der Waals surface area contributed by atoms with E-state index in [2.05, 4.69) is 20.8 Å². The van der Waals surface area contributed by atoms with Crippen LogP contribution >= 0.6 is 0 Å². The molecular formula is C32H56O3. The number of ketones is 1. The Morgan fingerprint density at radius 1 is 0.857 bits per heavy atom. The number of Topliss-reactive ketones (excluding diaryl/α,β-unsaturated/α-hetero) is 1. The molecule has 3 nitrogen and oxygen atoms in total. The molecule has 35 heavy (non-hydrogen) atoms. The summed E-state index contributed by atoms with van der Waals surface area (Å²) in [6, 6.07) is 0. The second-order valence-electron chi connectivity index (χ2n) is 13.6. The largest absolute Gasteiger partial charge is 0.393 e. The fourth-order valence-electron chi connectivity index (χ4n) is 9.27. The van der Waals surface area contributed by atoms with Gasteiger partial charge in [0.15, 0.2) is 0 Å². The number of aliphatic hydroxyl groups is 1. The average molecular weight is 489 g/mol. The molecule has 3 heteroatoms. The highest BCUT2D eigenvalue weighted by Gasteiger charge is 2.63. The van der Waals surface area contributed by atoms with Crippen molar-refractivity contribution in [3.05, 3.63) is 0 Å². The summed E-state index contributed by atoms with van der Waals surface area (Å²) in [7, 11) is 0. The molecule has 4 aliphatic rings. The van der Waals surface area contributed by atoms with Crippen LogP contribution in [-0.2, 0) is 9.53 Å². The van der Waals surface area contributed by atoms with Gasteiger partial charge in [-0.2, -0.15) is 0 Å². The first-order chi connectivity index (χ1) is 16.9. The molecule has 0 amide bonds. The Hall–Kier alpha value is -0.410. The third kappa shape index (κ3) is 6.02. The molecule has 0 radical (unpaired) electrons. The van der Waals surface area contributed by atoms with Crippen LogP contribution in [0.4, 0.5) is 0 Å². The third-order valence-corrected chi connectivity index (χ3v) is 11.4. The Bertz CT molecular complexity index is 676. The lowest BCUT2D eigenvalue weighted by molar-refractivity contribution is -0.192. The fraction of sp³-hybridized carbons (Fsp3) is 0.969. The van der Waals surface area contributed by atoms with Gasteiger partial charge in [-0.1, -0.05) is 85.0 Å². The molecule has 0 aromatic carbocycles. The van der Waals surface area contributed by atoms with Gasteiger partial charge in [-0.3, -0.25) is 4.79 Å². The molecule has 0 saturated heterocycles. The van der Waals surface area contributed by atoms with Gasteiger partial charge in [-0.15, -0.1) is 0 Å². The van der Waals surface area contributed by atoms with Crippen molar-refractivity contribution >= 4 is 5.78 Å². The van der Waals surface area contributed by atoms with Gasteiger partial charge in [0.2, 0.25) is 0 Å². The number of aliphatic hydroxyl groups excluding tert-OH is 1. The van der Waals surface area contributed by atoms with Crippen LogP contribution in [0.25, 0.3) is 0 Å². The summed E-state index contributed by atoms with van der Waals surface area (Å²) in [5.74, 6) is 2.92. The highest BCUT2D eigenvalue weighted by molar-refractivity contribution is 5.79. The van der Waals surface area contributed by atoms with E-state index in [1.165, 1.54) is 89.9 Å². The monoisotopic (exact) mass is 488 g/mol. The summed E-state index contributed by atoms with van der Waals surface area (Å²) in [6.07, 6.45) is 23.3. The van der Waals surface area contributed by atoms with Gasteiger partial charge < -0.3 is 9.84 Å². The van der Waals surface area contributed by atoms with Crippen LogP contribution in [-0.4, -0.2) is 29.7 Å². The van der Waals surface area contributed by atoms with Gasteiger partial charge in [-0.05, 0) is 79.4 Å². The van der Waals surface area contributed by atoms with Crippen molar-refractivity contribution in [3.63, 3.8) is 0 Å². The summed E-state index contributed by atoms with van der Waals surface area (Å²) in [5, 5.41) is 11.0. The second kappa shape index (κ2) is 12.4. The van der Waals surface area contributed by atoms with Crippen molar-refractivity contribution in [3.8, 4) is 0 Å². The number of fused-ring (bicyclic) bond motifs is 5. The maximum absolute atomic E-state index is 12.3. The molecule has 0 unspecified atom stereocenters. The van der Waals surface area contributed by atoms with Crippen molar-refractivity contribution in [1.29, 1.82) is 0 Å². The van der Waals surface area contributed by atoms with Crippen molar-refractivity contribution in [1.82, 2.24) is 0 Å². The molecule has 0 bridgehead atoms. The Kier molecular flexibility index (Phi) is 9.80. The molecule has 0 spiro atoms. The van der Waals surface area contributed by atoms with E-state index >= 15 is 0 Å². The van der Waals surface area contributed by atoms with Gasteiger partial charge in [-0.25, -0.2) is 0 Å². The van der Waals surface area contributed by atoms with Gasteiger partial charge in [0.1, 0.15) is 5.78 Å². The third-order valence-electron chi connectivity index (χ3n) is 11.4. The molecule has 8 atom stereocenters. The minimum atomic E-state index is -0.167. The summed E-state index contributed by atoms with van der Waals surface area (Å²) < 4.78 is 6.80. The van der Waals surface area contributed by atoms with E-state index in [-0.39, 0.29) is 23.0 Å². The minimum Gasteiger partial charge on any atom is -0.393 e. The van der Waals surface area contributed by atoms with Crippen LogP contribution in [0.5, 0.6) is 0 Å². The molecule has 1 N–H and O–H groups in total. The Morgan fingerprint density at radius 2 is 1.51 bits per heavy atom. The van der Waals surface area contributed by atoms with E-state index in [0.717, 1.165) is 38.7 Å². The number of carbonyl (C=O) groups excluding carboxylic acids is 1. The molecule has 202 valence electrons. The van der Waals surface area contributed by atoms with Gasteiger partial charge in [0.05, 0.1) is 12.2 Å². The Balaban J connectivity index is 1.27. The van der Waals surface area contributed by atoms with Crippen molar-refractivity contribution in [2.75, 3.05) is 6.61 Å². The molecule has 4 fully saturated rings. The second-order valence-corrected chi connectivity index (χ2v) is 13.6. The molecule has 4 rings (SSSR count). The van der Waals surface area contributed by atoms with E-state index in [0.29, 0.717) is 29.5 Å². The van der Waals surface area contributed by atoms with Crippen molar-refractivity contribution in [2.45, 2.75) is 155 Å². The molecule has 4 aliphatic carbocycles. The molecule has 0 aromatic heterocycles. The van der Waals surface area contributed by atoms with Crippen LogP contribution in [0.2, 0.25) is 0 Å². The molecular weight excluding hydrogens is 432 g/mol. The van der Waals surface area contributed by atoms with Crippen LogP contribution < -0.4 is 0 Å². The number of ether oxygens (including phenoxy) is 1. The average Bonchev–Trinajstić information content (AvgIpc) is 3.14. The highest BCUT2D eigenvalue weighted by atomic mass is 16.5. The highest BCUT2D eigenvalue weighted by Crippen LogP contribution is 2.66. The standard InChI is InChI=1S/C32H56O3/c1-4-5-6-7-8-9-10-11-12-13-14-21-35-28-23-32(3)27(17-18-29(32)34)26-16-15-24-22-25(33)19-20-31(24,2)30(26)28/h24,26-30,34H,4-23H2,1-3H3/t24-,26-,27-,28-,29-,30+,31-,32-/m0/s1. The lowest BCUT2D eigenvalue weighted by Gasteiger charge is -2.62. The van der Waals surface area contributed by atoms with Gasteiger partial charge in [0.25, 0.3) is 0 Å². The summed E-state index contributed by atoms with van der Waals surface area (Å²) in [5.41, 5.74) is 0.268. The molecule has 4 saturated carbocycles. The van der Waals surface area contributed by atoms with E-state index in [9.17, 15) is 9.90 Å². The lowest BCUT2D eigenvalue weighted by Crippen LogP contribution is -2.60. The zero-order chi connectivity index (χ0) is 24.9. The van der Waals surface area contributed by atoms with Crippen LogP contribution in [0.1, 0.15) is 143 Å². The smallest absolute Gasteiger partial charge is 0.133 e. The maximum atomic E-state index is 12.3. The van der Waals surface area contributed by atoms with Crippen LogP contribution in [0.3, 0.4) is 0 Å². The van der Waals surface area contributed by atoms with Crippen LogP contribution in [0.15, 0.2) is 0 Å². The zero-order valence-corrected chi connectivity index (χ0v) is 23.4. The topological polar surface area (TPSA) is 46.5 Å². The SMILES string of the molecule is CCCCCCCCCCCCCO[C@H]1C[C@]2(C)[C@@H](O)CC[C@H]2[C@@H]2CC[C@H]3CC(=O)CC[C@]3(C)[C@H]21. The van der Waals surface area contributed by atoms with Gasteiger partial charge >= 0.3 is 0 Å². The number of carbonyl (C=O) groups is 1. The Labute approximate surface area is 216 Å². The van der Waals surface area contributed by atoms with E-state index in [4.69, 9.17) is 4.74 Å². The predicted octanol–water partition coefficient (Wildman–Crippen LogP) is 8.27. The number of rotatable bonds is 13. The first-order valence-corrected chi connectivity index (χ1v) is 15.7. The quantitative estimate of drug-likeness (QED) is 0.265. The zero-order valence-electron chi connectivity index (χ0n) is 23.4. The number of hydrogen-bond acceptors (Lipinski definition) is 3. The first kappa shape index (κ1) is 27.6. The normalized spacial score (nSPS) is 40.9. The summed E-state index contributed by atoms with van der Waals surface area (Å²) in [4.78, 5) is 12.3. The van der Waals surface area contributed by atoms with Crippen molar-refractivity contribution in [2.24, 2.45) is 34.5 Å².